The van der Waals surface area contributed by atoms with Gasteiger partial charge in [0.2, 0.25) is 0 Å². The largest absolute Gasteiger partial charge is 0.507 e. The minimum Gasteiger partial charge on any atom is -0.507 e. The Balaban J connectivity index is 0.000000771. The highest BCUT2D eigenvalue weighted by molar-refractivity contribution is 5.95. The first kappa shape index (κ1) is 14.1. The van der Waals surface area contributed by atoms with E-state index < -0.39 is 5.82 Å². The summed E-state index contributed by atoms with van der Waals surface area (Å²) in [5.74, 6) is 1.74. The summed E-state index contributed by atoms with van der Waals surface area (Å²) in [6, 6.07) is 6.53. The van der Waals surface area contributed by atoms with Crippen LogP contribution in [0.4, 0.5) is 4.39 Å². The van der Waals surface area contributed by atoms with E-state index in [-0.39, 0.29) is 11.3 Å². The molecule has 0 saturated carbocycles. The molecule has 18 heavy (non-hydrogen) atoms. The van der Waals surface area contributed by atoms with Gasteiger partial charge in [0.1, 0.15) is 11.6 Å². The van der Waals surface area contributed by atoms with Gasteiger partial charge in [-0.15, -0.1) is 6.42 Å². The second kappa shape index (κ2) is 6.07. The lowest BCUT2D eigenvalue weighted by Crippen LogP contribution is -1.92. The van der Waals surface area contributed by atoms with Gasteiger partial charge in [-0.2, -0.15) is 0 Å². The van der Waals surface area contributed by atoms with Gasteiger partial charge in [-0.3, -0.25) is 0 Å². The zero-order valence-electron chi connectivity index (χ0n) is 10.9. The van der Waals surface area contributed by atoms with E-state index in [9.17, 15) is 9.50 Å². The molecule has 0 aromatic heterocycles. The fourth-order valence-corrected chi connectivity index (χ4v) is 1.93. The molecule has 0 spiro atoms. The summed E-state index contributed by atoms with van der Waals surface area (Å²) in [5.41, 5.74) is 1.17. The molecule has 0 aliphatic heterocycles. The SMILES string of the molecule is C#Cc1c(F)cc(O)c2cccc(CC)c12.CC. The maximum absolute atomic E-state index is 13.6. The highest BCUT2D eigenvalue weighted by Gasteiger charge is 2.12. The molecule has 94 valence electrons. The number of hydrogen-bond acceptors (Lipinski definition) is 1. The Labute approximate surface area is 107 Å². The Kier molecular flexibility index (Phi) is 4.74. The minimum atomic E-state index is -0.548. The molecule has 0 aliphatic carbocycles. The first-order valence-corrected chi connectivity index (χ1v) is 6.08. The minimum absolute atomic E-state index is 0.0678. The van der Waals surface area contributed by atoms with Crippen molar-refractivity contribution in [2.75, 3.05) is 0 Å². The van der Waals surface area contributed by atoms with E-state index in [1.54, 1.807) is 6.07 Å². The molecular formula is C16H17FO. The van der Waals surface area contributed by atoms with Crippen LogP contribution in [0.2, 0.25) is 0 Å². The van der Waals surface area contributed by atoms with Gasteiger partial charge in [0.15, 0.2) is 0 Å². The van der Waals surface area contributed by atoms with E-state index in [1.165, 1.54) is 0 Å². The van der Waals surface area contributed by atoms with Crippen molar-refractivity contribution in [3.05, 3.63) is 41.2 Å². The van der Waals surface area contributed by atoms with E-state index in [0.717, 1.165) is 18.1 Å². The topological polar surface area (TPSA) is 20.2 Å². The monoisotopic (exact) mass is 244 g/mol. The average Bonchev–Trinajstić information content (AvgIpc) is 2.41. The predicted octanol–water partition coefficient (Wildman–Crippen LogP) is 4.25. The Bertz CT molecular complexity index is 594. The number of halogens is 1. The molecule has 0 radical (unpaired) electrons. The zero-order chi connectivity index (χ0) is 13.7. The van der Waals surface area contributed by atoms with Gasteiger partial charge in [-0.25, -0.2) is 4.39 Å². The van der Waals surface area contributed by atoms with Crippen molar-refractivity contribution in [2.45, 2.75) is 27.2 Å². The van der Waals surface area contributed by atoms with Crippen molar-refractivity contribution in [1.82, 2.24) is 0 Å². The van der Waals surface area contributed by atoms with Crippen molar-refractivity contribution < 1.29 is 9.50 Å². The van der Waals surface area contributed by atoms with E-state index in [4.69, 9.17) is 6.42 Å². The Morgan fingerprint density at radius 1 is 1.33 bits per heavy atom. The zero-order valence-corrected chi connectivity index (χ0v) is 10.9. The van der Waals surface area contributed by atoms with Crippen LogP contribution in [0.3, 0.4) is 0 Å². The normalized spacial score (nSPS) is 9.50. The lowest BCUT2D eigenvalue weighted by molar-refractivity contribution is 0.475. The first-order chi connectivity index (χ1) is 8.69. The molecular weight excluding hydrogens is 227 g/mol. The summed E-state index contributed by atoms with van der Waals surface area (Å²) in [6.07, 6.45) is 6.06. The lowest BCUT2D eigenvalue weighted by atomic mass is 9.97. The van der Waals surface area contributed by atoms with Crippen LogP contribution in [0.25, 0.3) is 10.8 Å². The molecule has 0 unspecified atom stereocenters. The fraction of sp³-hybridized carbons (Fsp3) is 0.250. The van der Waals surface area contributed by atoms with E-state index in [1.807, 2.05) is 32.9 Å². The van der Waals surface area contributed by atoms with Gasteiger partial charge in [-0.1, -0.05) is 44.9 Å². The summed E-state index contributed by atoms with van der Waals surface area (Å²) in [4.78, 5) is 0. The van der Waals surface area contributed by atoms with Crippen LogP contribution in [0.5, 0.6) is 5.75 Å². The molecule has 0 bridgehead atoms. The van der Waals surface area contributed by atoms with E-state index in [0.29, 0.717) is 10.8 Å². The fourth-order valence-electron chi connectivity index (χ4n) is 1.93. The van der Waals surface area contributed by atoms with Crippen molar-refractivity contribution in [2.24, 2.45) is 0 Å². The second-order valence-corrected chi connectivity index (χ2v) is 3.59. The summed E-state index contributed by atoms with van der Waals surface area (Å²) in [7, 11) is 0. The Morgan fingerprint density at radius 3 is 2.56 bits per heavy atom. The van der Waals surface area contributed by atoms with Crippen LogP contribution in [-0.4, -0.2) is 5.11 Å². The number of terminal acetylenes is 1. The third-order valence-electron chi connectivity index (χ3n) is 2.70. The molecule has 2 heteroatoms. The van der Waals surface area contributed by atoms with Crippen LogP contribution in [0.15, 0.2) is 24.3 Å². The quantitative estimate of drug-likeness (QED) is 0.743. The van der Waals surface area contributed by atoms with Crippen molar-refractivity contribution >= 4 is 10.8 Å². The molecule has 0 aliphatic rings. The van der Waals surface area contributed by atoms with Crippen molar-refractivity contribution in [1.29, 1.82) is 0 Å². The van der Waals surface area contributed by atoms with Gasteiger partial charge in [0.05, 0.1) is 5.56 Å². The van der Waals surface area contributed by atoms with Gasteiger partial charge in [-0.05, 0) is 12.0 Å². The molecule has 2 aromatic rings. The average molecular weight is 244 g/mol. The summed E-state index contributed by atoms with van der Waals surface area (Å²) >= 11 is 0. The summed E-state index contributed by atoms with van der Waals surface area (Å²) in [5, 5.41) is 10.9. The third-order valence-corrected chi connectivity index (χ3v) is 2.70. The highest BCUT2D eigenvalue weighted by atomic mass is 19.1. The molecule has 2 rings (SSSR count). The molecule has 1 nitrogen and oxygen atoms in total. The van der Waals surface area contributed by atoms with Gasteiger partial charge in [0.25, 0.3) is 0 Å². The maximum Gasteiger partial charge on any atom is 0.143 e. The first-order valence-electron chi connectivity index (χ1n) is 6.08. The van der Waals surface area contributed by atoms with Crippen molar-refractivity contribution in [3.8, 4) is 18.1 Å². The molecule has 2 aromatic carbocycles. The number of phenolic OH excluding ortho intramolecular Hbond substituents is 1. The molecule has 0 fully saturated rings. The number of aromatic hydroxyl groups is 1. The van der Waals surface area contributed by atoms with Gasteiger partial charge in [0, 0.05) is 16.8 Å². The molecule has 0 heterocycles. The molecule has 0 atom stereocenters. The van der Waals surface area contributed by atoms with Gasteiger partial charge >= 0.3 is 0 Å². The number of fused-ring (bicyclic) bond motifs is 1. The Hall–Kier alpha value is -2.01. The number of rotatable bonds is 1. The number of benzene rings is 2. The van der Waals surface area contributed by atoms with Crippen LogP contribution < -0.4 is 0 Å². The summed E-state index contributed by atoms with van der Waals surface area (Å²) < 4.78 is 13.6. The second-order valence-electron chi connectivity index (χ2n) is 3.59. The summed E-state index contributed by atoms with van der Waals surface area (Å²) in [6.45, 7) is 5.97. The lowest BCUT2D eigenvalue weighted by Gasteiger charge is -2.09. The van der Waals surface area contributed by atoms with E-state index in [2.05, 4.69) is 5.92 Å². The predicted molar refractivity (Wildman–Crippen MR) is 74.2 cm³/mol. The van der Waals surface area contributed by atoms with Gasteiger partial charge < -0.3 is 5.11 Å². The van der Waals surface area contributed by atoms with Crippen molar-refractivity contribution in [3.63, 3.8) is 0 Å². The van der Waals surface area contributed by atoms with Crippen LogP contribution >= 0.6 is 0 Å². The Morgan fingerprint density at radius 2 is 2.00 bits per heavy atom. The highest BCUT2D eigenvalue weighted by Crippen LogP contribution is 2.32. The van der Waals surface area contributed by atoms with Crippen LogP contribution in [-0.2, 0) is 6.42 Å². The molecule has 1 N–H and O–H groups in total. The smallest absolute Gasteiger partial charge is 0.143 e. The maximum atomic E-state index is 13.6. The molecule has 0 amide bonds. The molecule has 0 saturated heterocycles. The van der Waals surface area contributed by atoms with Crippen LogP contribution in [0.1, 0.15) is 31.9 Å². The number of aryl methyl sites for hydroxylation is 1. The van der Waals surface area contributed by atoms with Crippen LogP contribution in [0, 0.1) is 18.2 Å². The van der Waals surface area contributed by atoms with E-state index >= 15 is 0 Å². The number of phenols is 1. The third kappa shape index (κ3) is 2.31. The number of hydrogen-bond donors (Lipinski definition) is 1. The standard InChI is InChI=1S/C14H11FO.C2H6/c1-3-9-6-5-7-11-13(16)8-12(15)10(4-2)14(9)11;1-2/h2,5-8,16H,3H2,1H3;1-2H3.